The fourth-order valence-corrected chi connectivity index (χ4v) is 4.35. The van der Waals surface area contributed by atoms with Crippen molar-refractivity contribution in [1.29, 1.82) is 0 Å². The molecule has 2 aliphatic rings. The summed E-state index contributed by atoms with van der Waals surface area (Å²) in [7, 11) is 0. The molecule has 2 aliphatic heterocycles. The molecule has 2 heterocycles. The van der Waals surface area contributed by atoms with Crippen molar-refractivity contribution in [2.75, 3.05) is 47.4 Å². The smallest absolute Gasteiger partial charge is 0.323 e. The Kier molecular flexibility index (Phi) is 8.01. The molecule has 0 saturated heterocycles. The van der Waals surface area contributed by atoms with Gasteiger partial charge < -0.3 is 31.9 Å². The van der Waals surface area contributed by atoms with Gasteiger partial charge in [-0.3, -0.25) is 9.98 Å². The van der Waals surface area contributed by atoms with Crippen molar-refractivity contribution < 1.29 is 9.59 Å². The van der Waals surface area contributed by atoms with Crippen molar-refractivity contribution in [3.8, 4) is 0 Å². The van der Waals surface area contributed by atoms with Crippen LogP contribution in [0, 0.1) is 6.92 Å². The summed E-state index contributed by atoms with van der Waals surface area (Å²) in [6, 6.07) is 19.7. The summed E-state index contributed by atoms with van der Waals surface area (Å²) in [6.07, 6.45) is 2.07. The Balaban J connectivity index is 1.16. The molecule has 0 saturated carbocycles. The molecule has 5 rings (SSSR count). The van der Waals surface area contributed by atoms with E-state index in [4.69, 9.17) is 0 Å². The van der Waals surface area contributed by atoms with Crippen LogP contribution in [-0.2, 0) is 0 Å². The van der Waals surface area contributed by atoms with Crippen LogP contribution in [0.5, 0.6) is 0 Å². The summed E-state index contributed by atoms with van der Waals surface area (Å²) in [5.41, 5.74) is 5.21. The van der Waals surface area contributed by atoms with E-state index in [1.807, 2.05) is 55.5 Å². The van der Waals surface area contributed by atoms with E-state index >= 15 is 0 Å². The number of nitrogens with zero attached hydrogens (tertiary/aromatic N) is 2. The molecule has 39 heavy (non-hydrogen) atoms. The minimum atomic E-state index is -0.377. The normalized spacial score (nSPS) is 14.6. The first kappa shape index (κ1) is 25.8. The fraction of sp³-hybridized carbons (Fsp3) is 0.241. The SMILES string of the molecule is Cc1c(NC(=O)Nc2ccc(C3=NCCCN3)cc2)cccc1NC(=O)Nc1ccc(C2=NCCCN2)cc1. The van der Waals surface area contributed by atoms with Gasteiger partial charge in [0.25, 0.3) is 0 Å². The highest BCUT2D eigenvalue weighted by atomic mass is 16.2. The van der Waals surface area contributed by atoms with E-state index in [-0.39, 0.29) is 12.1 Å². The molecule has 0 bridgehead atoms. The molecule has 200 valence electrons. The maximum atomic E-state index is 12.7. The quantitative estimate of drug-likeness (QED) is 0.277. The zero-order valence-electron chi connectivity index (χ0n) is 21.8. The lowest BCUT2D eigenvalue weighted by atomic mass is 10.1. The van der Waals surface area contributed by atoms with E-state index in [1.54, 1.807) is 18.2 Å². The number of anilines is 4. The first-order valence-corrected chi connectivity index (χ1v) is 13.1. The summed E-state index contributed by atoms with van der Waals surface area (Å²) < 4.78 is 0. The number of aliphatic imine (C=N–C) groups is 2. The number of benzene rings is 3. The van der Waals surface area contributed by atoms with Crippen molar-refractivity contribution in [2.24, 2.45) is 9.98 Å². The minimum absolute atomic E-state index is 0.377. The van der Waals surface area contributed by atoms with Gasteiger partial charge in [-0.15, -0.1) is 0 Å². The Labute approximate surface area is 227 Å². The third kappa shape index (κ3) is 6.72. The highest BCUT2D eigenvalue weighted by Gasteiger charge is 2.12. The van der Waals surface area contributed by atoms with Gasteiger partial charge >= 0.3 is 12.1 Å². The van der Waals surface area contributed by atoms with Crippen LogP contribution >= 0.6 is 0 Å². The molecule has 4 amide bonds. The Morgan fingerprint density at radius 2 is 1.08 bits per heavy atom. The van der Waals surface area contributed by atoms with Gasteiger partial charge in [0.1, 0.15) is 11.7 Å². The fourth-order valence-electron chi connectivity index (χ4n) is 4.35. The molecule has 0 atom stereocenters. The van der Waals surface area contributed by atoms with E-state index < -0.39 is 0 Å². The lowest BCUT2D eigenvalue weighted by molar-refractivity contribution is 0.261. The molecule has 0 spiro atoms. The van der Waals surface area contributed by atoms with Gasteiger partial charge in [0.2, 0.25) is 0 Å². The Hall–Kier alpha value is -4.86. The van der Waals surface area contributed by atoms with Crippen LogP contribution in [0.4, 0.5) is 32.3 Å². The van der Waals surface area contributed by atoms with Crippen molar-refractivity contribution in [2.45, 2.75) is 19.8 Å². The van der Waals surface area contributed by atoms with Crippen LogP contribution in [0.15, 0.2) is 76.7 Å². The number of carbonyl (C=O) groups excluding carboxylic acids is 2. The molecule has 10 heteroatoms. The Morgan fingerprint density at radius 1 is 0.641 bits per heavy atom. The molecular weight excluding hydrogens is 492 g/mol. The summed E-state index contributed by atoms with van der Waals surface area (Å²) in [4.78, 5) is 34.3. The van der Waals surface area contributed by atoms with Gasteiger partial charge in [0.15, 0.2) is 0 Å². The first-order valence-electron chi connectivity index (χ1n) is 13.1. The second-order valence-electron chi connectivity index (χ2n) is 9.31. The summed E-state index contributed by atoms with van der Waals surface area (Å²) in [6.45, 7) is 5.31. The minimum Gasteiger partial charge on any atom is -0.370 e. The van der Waals surface area contributed by atoms with Crippen LogP contribution < -0.4 is 31.9 Å². The van der Waals surface area contributed by atoms with E-state index in [9.17, 15) is 9.59 Å². The summed E-state index contributed by atoms with van der Waals surface area (Å²) in [5.74, 6) is 1.76. The van der Waals surface area contributed by atoms with Gasteiger partial charge in [0, 0.05) is 60.1 Å². The summed E-state index contributed by atoms with van der Waals surface area (Å²) >= 11 is 0. The van der Waals surface area contributed by atoms with E-state index in [1.165, 1.54) is 0 Å². The predicted molar refractivity (Wildman–Crippen MR) is 157 cm³/mol. The van der Waals surface area contributed by atoms with Gasteiger partial charge in [-0.1, -0.05) is 6.07 Å². The predicted octanol–water partition coefficient (Wildman–Crippen LogP) is 4.76. The van der Waals surface area contributed by atoms with Crippen molar-refractivity contribution in [1.82, 2.24) is 10.6 Å². The molecule has 3 aromatic carbocycles. The van der Waals surface area contributed by atoms with E-state index in [0.29, 0.717) is 22.7 Å². The average Bonchev–Trinajstić information content (AvgIpc) is 2.97. The third-order valence-electron chi connectivity index (χ3n) is 6.46. The number of nitrogens with one attached hydrogen (secondary N) is 6. The van der Waals surface area contributed by atoms with Crippen molar-refractivity contribution in [3.05, 3.63) is 83.4 Å². The molecule has 0 radical (unpaired) electrons. The largest absolute Gasteiger partial charge is 0.370 e. The molecule has 0 fully saturated rings. The summed E-state index contributed by atoms with van der Waals surface area (Å²) in [5, 5.41) is 18.0. The van der Waals surface area contributed by atoms with E-state index in [2.05, 4.69) is 41.9 Å². The molecule has 0 aliphatic carbocycles. The number of amides is 4. The number of urea groups is 2. The standard InChI is InChI=1S/C29H32N8O2/c1-19-24(36-28(38)34-22-11-7-20(8-12-22)26-30-15-3-16-31-26)5-2-6-25(19)37-29(39)35-23-13-9-21(10-14-23)27-32-17-4-18-33-27/h2,5-14H,3-4,15-18H2,1H3,(H,30,31)(H,32,33)(H2,34,36,38)(H2,35,37,39). The lowest BCUT2D eigenvalue weighted by Gasteiger charge is -2.16. The van der Waals surface area contributed by atoms with Crippen LogP contribution in [0.25, 0.3) is 0 Å². The first-order chi connectivity index (χ1) is 19.0. The van der Waals surface area contributed by atoms with Gasteiger partial charge in [0.05, 0.1) is 0 Å². The highest BCUT2D eigenvalue weighted by molar-refractivity contribution is 6.04. The number of hydrogen-bond donors (Lipinski definition) is 6. The zero-order chi connectivity index (χ0) is 27.0. The number of hydrogen-bond acceptors (Lipinski definition) is 6. The molecular formula is C29H32N8O2. The highest BCUT2D eigenvalue weighted by Crippen LogP contribution is 2.24. The van der Waals surface area contributed by atoms with Crippen molar-refractivity contribution >= 4 is 46.5 Å². The van der Waals surface area contributed by atoms with Crippen molar-refractivity contribution in [3.63, 3.8) is 0 Å². The molecule has 0 aromatic heterocycles. The van der Waals surface area contributed by atoms with E-state index in [0.717, 1.165) is 67.4 Å². The molecule has 10 nitrogen and oxygen atoms in total. The van der Waals surface area contributed by atoms with Crippen LogP contribution in [0.1, 0.15) is 29.5 Å². The van der Waals surface area contributed by atoms with Gasteiger partial charge in [-0.25, -0.2) is 9.59 Å². The van der Waals surface area contributed by atoms with Gasteiger partial charge in [-0.2, -0.15) is 0 Å². The molecule has 0 unspecified atom stereocenters. The Morgan fingerprint density at radius 3 is 1.46 bits per heavy atom. The molecule has 6 N–H and O–H groups in total. The second kappa shape index (κ2) is 12.1. The molecule has 3 aromatic rings. The average molecular weight is 525 g/mol. The zero-order valence-corrected chi connectivity index (χ0v) is 21.8. The third-order valence-corrected chi connectivity index (χ3v) is 6.46. The Bertz CT molecular complexity index is 1290. The maximum Gasteiger partial charge on any atom is 0.323 e. The monoisotopic (exact) mass is 524 g/mol. The lowest BCUT2D eigenvalue weighted by Crippen LogP contribution is -2.30. The van der Waals surface area contributed by atoms with Crippen LogP contribution in [0.3, 0.4) is 0 Å². The van der Waals surface area contributed by atoms with Crippen LogP contribution in [0.2, 0.25) is 0 Å². The topological polar surface area (TPSA) is 131 Å². The maximum absolute atomic E-state index is 12.7. The van der Waals surface area contributed by atoms with Gasteiger partial charge in [-0.05, 0) is 86.0 Å². The van der Waals surface area contributed by atoms with Crippen LogP contribution in [-0.4, -0.2) is 49.9 Å². The number of amidine groups is 2. The number of carbonyl (C=O) groups is 2. The number of rotatable bonds is 6. The second-order valence-corrected chi connectivity index (χ2v) is 9.31.